The third-order valence-electron chi connectivity index (χ3n) is 2.27. The molecule has 0 N–H and O–H groups in total. The van der Waals surface area contributed by atoms with Gasteiger partial charge in [-0.25, -0.2) is 0 Å². The highest BCUT2D eigenvalue weighted by atomic mass is 16.5. The van der Waals surface area contributed by atoms with Crippen LogP contribution in [0.3, 0.4) is 0 Å². The minimum atomic E-state index is -0.338. The van der Waals surface area contributed by atoms with Crippen LogP contribution in [-0.4, -0.2) is 12.4 Å². The van der Waals surface area contributed by atoms with Gasteiger partial charge in [0.05, 0.1) is 17.1 Å². The van der Waals surface area contributed by atoms with Crippen LogP contribution in [0.4, 0.5) is 0 Å². The Bertz CT molecular complexity index is 610. The molecule has 0 saturated heterocycles. The van der Waals surface area contributed by atoms with E-state index in [9.17, 15) is 9.59 Å². The first-order chi connectivity index (χ1) is 8.11. The standard InChI is InChI=1S/C13H12O4/c1-8(2)17-10-3-4-12-11(5-10)13(15)9(6-14)7-16-12/h3-8H,1-2H3. The van der Waals surface area contributed by atoms with E-state index in [1.54, 1.807) is 18.2 Å². The van der Waals surface area contributed by atoms with E-state index >= 15 is 0 Å². The van der Waals surface area contributed by atoms with Crippen LogP contribution in [0, 0.1) is 0 Å². The predicted molar refractivity (Wildman–Crippen MR) is 63.6 cm³/mol. The maximum Gasteiger partial charge on any atom is 0.203 e. The molecule has 0 unspecified atom stereocenters. The molecule has 0 fully saturated rings. The third kappa shape index (κ3) is 2.20. The summed E-state index contributed by atoms with van der Waals surface area (Å²) in [5.41, 5.74) is 0.117. The van der Waals surface area contributed by atoms with Gasteiger partial charge >= 0.3 is 0 Å². The number of rotatable bonds is 3. The zero-order valence-corrected chi connectivity index (χ0v) is 9.60. The van der Waals surface area contributed by atoms with E-state index in [-0.39, 0.29) is 17.1 Å². The molecule has 0 bridgehead atoms. The van der Waals surface area contributed by atoms with Crippen molar-refractivity contribution in [3.05, 3.63) is 40.2 Å². The van der Waals surface area contributed by atoms with Gasteiger partial charge in [-0.1, -0.05) is 0 Å². The first-order valence-corrected chi connectivity index (χ1v) is 5.29. The van der Waals surface area contributed by atoms with E-state index in [1.807, 2.05) is 13.8 Å². The molecule has 4 nitrogen and oxygen atoms in total. The van der Waals surface area contributed by atoms with Crippen molar-refractivity contribution in [2.75, 3.05) is 0 Å². The van der Waals surface area contributed by atoms with Crippen LogP contribution in [-0.2, 0) is 0 Å². The molecule has 2 aromatic rings. The molecule has 0 aliphatic rings. The topological polar surface area (TPSA) is 56.5 Å². The second-order valence-corrected chi connectivity index (χ2v) is 3.96. The summed E-state index contributed by atoms with van der Waals surface area (Å²) in [5.74, 6) is 0.586. The first-order valence-electron chi connectivity index (χ1n) is 5.29. The number of hydrogen-bond acceptors (Lipinski definition) is 4. The Morgan fingerprint density at radius 1 is 1.35 bits per heavy atom. The minimum Gasteiger partial charge on any atom is -0.491 e. The van der Waals surface area contributed by atoms with Crippen LogP contribution in [0.2, 0.25) is 0 Å². The number of carbonyl (C=O) groups is 1. The summed E-state index contributed by atoms with van der Waals surface area (Å²) in [6.07, 6.45) is 1.68. The Hall–Kier alpha value is -2.10. The van der Waals surface area contributed by atoms with Crippen molar-refractivity contribution in [1.29, 1.82) is 0 Å². The molecule has 2 rings (SSSR count). The summed E-state index contributed by atoms with van der Waals surface area (Å²) >= 11 is 0. The largest absolute Gasteiger partial charge is 0.491 e. The number of aldehydes is 1. The maximum atomic E-state index is 11.9. The van der Waals surface area contributed by atoms with Gasteiger partial charge in [0.2, 0.25) is 5.43 Å². The van der Waals surface area contributed by atoms with Crippen LogP contribution in [0.15, 0.2) is 33.7 Å². The Labute approximate surface area is 97.8 Å². The molecule has 0 atom stereocenters. The molecule has 0 spiro atoms. The van der Waals surface area contributed by atoms with E-state index in [0.29, 0.717) is 23.0 Å². The second kappa shape index (κ2) is 4.41. The van der Waals surface area contributed by atoms with E-state index in [2.05, 4.69) is 0 Å². The summed E-state index contributed by atoms with van der Waals surface area (Å²) in [4.78, 5) is 22.5. The summed E-state index contributed by atoms with van der Waals surface area (Å²) in [6, 6.07) is 4.98. The van der Waals surface area contributed by atoms with Crippen molar-refractivity contribution in [2.45, 2.75) is 20.0 Å². The highest BCUT2D eigenvalue weighted by molar-refractivity contribution is 5.84. The second-order valence-electron chi connectivity index (χ2n) is 3.96. The van der Waals surface area contributed by atoms with Gasteiger partial charge in [-0.2, -0.15) is 0 Å². The lowest BCUT2D eigenvalue weighted by Gasteiger charge is -2.09. The molecule has 1 heterocycles. The number of fused-ring (bicyclic) bond motifs is 1. The van der Waals surface area contributed by atoms with Gasteiger partial charge in [0.15, 0.2) is 6.29 Å². The van der Waals surface area contributed by atoms with Gasteiger partial charge in [-0.05, 0) is 32.0 Å². The zero-order valence-electron chi connectivity index (χ0n) is 9.60. The lowest BCUT2D eigenvalue weighted by molar-refractivity contribution is 0.112. The van der Waals surface area contributed by atoms with Crippen molar-refractivity contribution in [3.8, 4) is 5.75 Å². The van der Waals surface area contributed by atoms with Crippen molar-refractivity contribution >= 4 is 17.3 Å². The van der Waals surface area contributed by atoms with Crippen molar-refractivity contribution in [3.63, 3.8) is 0 Å². The molecule has 1 aromatic heterocycles. The first kappa shape index (κ1) is 11.4. The monoisotopic (exact) mass is 232 g/mol. The van der Waals surface area contributed by atoms with Crippen molar-refractivity contribution in [2.24, 2.45) is 0 Å². The summed E-state index contributed by atoms with van der Waals surface area (Å²) < 4.78 is 10.7. The van der Waals surface area contributed by atoms with Gasteiger partial charge < -0.3 is 9.15 Å². The Morgan fingerprint density at radius 2 is 2.12 bits per heavy atom. The molecule has 1 aromatic carbocycles. The van der Waals surface area contributed by atoms with E-state index < -0.39 is 0 Å². The lowest BCUT2D eigenvalue weighted by Crippen LogP contribution is -2.09. The average molecular weight is 232 g/mol. The highest BCUT2D eigenvalue weighted by Crippen LogP contribution is 2.19. The quantitative estimate of drug-likeness (QED) is 0.762. The number of carbonyl (C=O) groups excluding carboxylic acids is 1. The number of hydrogen-bond donors (Lipinski definition) is 0. The lowest BCUT2D eigenvalue weighted by atomic mass is 10.2. The van der Waals surface area contributed by atoms with Gasteiger partial charge in [0.25, 0.3) is 0 Å². The van der Waals surface area contributed by atoms with Crippen LogP contribution in [0.5, 0.6) is 5.75 Å². The zero-order chi connectivity index (χ0) is 12.4. The van der Waals surface area contributed by atoms with E-state index in [4.69, 9.17) is 9.15 Å². The van der Waals surface area contributed by atoms with Gasteiger partial charge in [0.1, 0.15) is 17.6 Å². The summed E-state index contributed by atoms with van der Waals surface area (Å²) in [5, 5.41) is 0.354. The van der Waals surface area contributed by atoms with Gasteiger partial charge in [0, 0.05) is 0 Å². The molecule has 4 heteroatoms. The smallest absolute Gasteiger partial charge is 0.203 e. The average Bonchev–Trinajstić information content (AvgIpc) is 2.29. The van der Waals surface area contributed by atoms with Gasteiger partial charge in [-0.3, -0.25) is 9.59 Å². The van der Waals surface area contributed by atoms with Crippen LogP contribution < -0.4 is 10.2 Å². The maximum absolute atomic E-state index is 11.9. The van der Waals surface area contributed by atoms with Crippen LogP contribution in [0.1, 0.15) is 24.2 Å². The summed E-state index contributed by atoms with van der Waals surface area (Å²) in [6.45, 7) is 3.79. The molecular weight excluding hydrogens is 220 g/mol. The molecule has 0 aliphatic heterocycles. The number of benzene rings is 1. The van der Waals surface area contributed by atoms with Crippen molar-refractivity contribution < 1.29 is 13.9 Å². The molecule has 0 aliphatic carbocycles. The normalized spacial score (nSPS) is 10.8. The van der Waals surface area contributed by atoms with Crippen molar-refractivity contribution in [1.82, 2.24) is 0 Å². The fraction of sp³-hybridized carbons (Fsp3) is 0.231. The fourth-order valence-electron chi connectivity index (χ4n) is 1.55. The fourth-order valence-corrected chi connectivity index (χ4v) is 1.55. The Kier molecular flexibility index (Phi) is 2.95. The Morgan fingerprint density at radius 3 is 2.76 bits per heavy atom. The Balaban J connectivity index is 2.62. The predicted octanol–water partition coefficient (Wildman–Crippen LogP) is 2.39. The summed E-state index contributed by atoms with van der Waals surface area (Å²) in [7, 11) is 0. The number of ether oxygens (including phenoxy) is 1. The third-order valence-corrected chi connectivity index (χ3v) is 2.27. The molecule has 88 valence electrons. The van der Waals surface area contributed by atoms with Crippen LogP contribution >= 0.6 is 0 Å². The van der Waals surface area contributed by atoms with Gasteiger partial charge in [-0.15, -0.1) is 0 Å². The van der Waals surface area contributed by atoms with E-state index in [1.165, 1.54) is 6.26 Å². The highest BCUT2D eigenvalue weighted by Gasteiger charge is 2.08. The minimum absolute atomic E-state index is 0.0131. The van der Waals surface area contributed by atoms with E-state index in [0.717, 1.165) is 0 Å². The van der Waals surface area contributed by atoms with Crippen LogP contribution in [0.25, 0.3) is 11.0 Å². The SMILES string of the molecule is CC(C)Oc1ccc2occ(C=O)c(=O)c2c1. The molecule has 0 amide bonds. The molecule has 0 saturated carbocycles. The molecular formula is C13H12O4. The molecule has 17 heavy (non-hydrogen) atoms. The molecule has 0 radical (unpaired) electrons.